The number of hydrogen-bond donors (Lipinski definition) is 2. The molecule has 0 radical (unpaired) electrons. The highest BCUT2D eigenvalue weighted by Crippen LogP contribution is 2.35. The first-order chi connectivity index (χ1) is 13.2. The van der Waals surface area contributed by atoms with Crippen molar-refractivity contribution in [2.45, 2.75) is 25.4 Å². The Morgan fingerprint density at radius 1 is 1.29 bits per heavy atom. The van der Waals surface area contributed by atoms with Gasteiger partial charge >= 0.3 is 0 Å². The number of hydrogen-bond acceptors (Lipinski definition) is 6. The van der Waals surface area contributed by atoms with Gasteiger partial charge in [0.05, 0.1) is 11.7 Å². The molecule has 2 atom stereocenters. The Labute approximate surface area is 162 Å². The molecule has 1 aromatic carbocycles. The minimum Gasteiger partial charge on any atom is -0.454 e. The topological polar surface area (TPSA) is 115 Å². The molecule has 1 saturated heterocycles. The number of nitrogens with zero attached hydrogens (tertiary/aromatic N) is 3. The molecule has 0 spiro atoms. The number of likely N-dealkylation sites (N-methyl/N-ethyl adjacent to an activating group) is 1. The number of rotatable bonds is 3. The maximum absolute atomic E-state index is 12.9. The summed E-state index contributed by atoms with van der Waals surface area (Å²) in [4.78, 5) is 12.9. The molecule has 1 fully saturated rings. The molecule has 2 N–H and O–H groups in total. The van der Waals surface area contributed by atoms with Crippen LogP contribution in [-0.2, 0) is 22.1 Å². The molecule has 10 nitrogen and oxygen atoms in total. The average Bonchev–Trinajstić information content (AvgIpc) is 3.22. The van der Waals surface area contributed by atoms with Crippen LogP contribution in [0.15, 0.2) is 24.4 Å². The van der Waals surface area contributed by atoms with E-state index < -0.39 is 28.2 Å². The summed E-state index contributed by atoms with van der Waals surface area (Å²) in [6, 6.07) is 3.62. The predicted molar refractivity (Wildman–Crippen MR) is 100 cm³/mol. The largest absolute Gasteiger partial charge is 0.454 e. The van der Waals surface area contributed by atoms with Crippen LogP contribution < -0.4 is 19.5 Å². The molecule has 28 heavy (non-hydrogen) atoms. The molecule has 2 aliphatic rings. The molecular weight excluding hydrogens is 386 g/mol. The van der Waals surface area contributed by atoms with Gasteiger partial charge in [-0.1, -0.05) is 0 Å². The first-order valence-electron chi connectivity index (χ1n) is 8.70. The number of aromatic nitrogens is 2. The van der Waals surface area contributed by atoms with E-state index in [4.69, 9.17) is 9.47 Å². The zero-order valence-corrected chi connectivity index (χ0v) is 16.5. The summed E-state index contributed by atoms with van der Waals surface area (Å²) < 4.78 is 41.0. The van der Waals surface area contributed by atoms with Crippen LogP contribution in [0.4, 0.5) is 5.69 Å². The Kier molecular flexibility index (Phi) is 4.52. The number of benzene rings is 1. The second kappa shape index (κ2) is 6.76. The van der Waals surface area contributed by atoms with Crippen LogP contribution >= 0.6 is 0 Å². The van der Waals surface area contributed by atoms with E-state index in [2.05, 4.69) is 15.1 Å². The minimum absolute atomic E-state index is 0.133. The Hall–Kier alpha value is -2.63. The summed E-state index contributed by atoms with van der Waals surface area (Å²) >= 11 is 0. The van der Waals surface area contributed by atoms with E-state index in [1.54, 1.807) is 36.1 Å². The lowest BCUT2D eigenvalue weighted by molar-refractivity contribution is -0.120. The van der Waals surface area contributed by atoms with Crippen LogP contribution in [0.2, 0.25) is 0 Å². The van der Waals surface area contributed by atoms with Gasteiger partial charge in [-0.05, 0) is 25.5 Å². The third-order valence-electron chi connectivity index (χ3n) is 4.94. The molecule has 0 bridgehead atoms. The van der Waals surface area contributed by atoms with Crippen molar-refractivity contribution in [3.05, 3.63) is 35.7 Å². The molecule has 11 heteroatoms. The van der Waals surface area contributed by atoms with E-state index in [-0.39, 0.29) is 13.2 Å². The SMILES string of the molecule is Cc1nn(C)cc1[C@@H]1C[C@@H](C(=O)Nc2ccc3c(c2)OCO3)N(C)S(=O)(=O)N1. The monoisotopic (exact) mass is 407 g/mol. The molecule has 1 amide bonds. The third kappa shape index (κ3) is 3.32. The van der Waals surface area contributed by atoms with Crippen molar-refractivity contribution in [2.75, 3.05) is 19.2 Å². The van der Waals surface area contributed by atoms with Crippen LogP contribution in [0.3, 0.4) is 0 Å². The zero-order chi connectivity index (χ0) is 20.1. The number of fused-ring (bicyclic) bond motifs is 1. The van der Waals surface area contributed by atoms with Gasteiger partial charge in [0.2, 0.25) is 12.7 Å². The van der Waals surface area contributed by atoms with Gasteiger partial charge in [0.25, 0.3) is 10.2 Å². The number of carbonyl (C=O) groups is 1. The highest BCUT2D eigenvalue weighted by atomic mass is 32.2. The first kappa shape index (κ1) is 18.7. The third-order valence-corrected chi connectivity index (χ3v) is 6.53. The second-order valence-electron chi connectivity index (χ2n) is 6.84. The van der Waals surface area contributed by atoms with Gasteiger partial charge < -0.3 is 14.8 Å². The summed E-state index contributed by atoms with van der Waals surface area (Å²) in [5.74, 6) is 0.720. The smallest absolute Gasteiger partial charge is 0.280 e. The number of aryl methyl sites for hydroxylation is 2. The Balaban J connectivity index is 1.57. The number of ether oxygens (including phenoxy) is 2. The maximum atomic E-state index is 12.9. The van der Waals surface area contributed by atoms with Crippen molar-refractivity contribution in [3.63, 3.8) is 0 Å². The van der Waals surface area contributed by atoms with Gasteiger partial charge in [-0.2, -0.15) is 22.5 Å². The first-order valence-corrected chi connectivity index (χ1v) is 10.1. The molecule has 0 saturated carbocycles. The van der Waals surface area contributed by atoms with E-state index in [1.165, 1.54) is 7.05 Å². The van der Waals surface area contributed by atoms with E-state index in [0.29, 0.717) is 17.2 Å². The van der Waals surface area contributed by atoms with Crippen LogP contribution in [-0.4, -0.2) is 48.3 Å². The Bertz CT molecular complexity index is 1030. The van der Waals surface area contributed by atoms with E-state index in [1.807, 2.05) is 6.92 Å². The fourth-order valence-electron chi connectivity index (χ4n) is 3.47. The molecule has 2 aromatic rings. The lowest BCUT2D eigenvalue weighted by Crippen LogP contribution is -2.56. The summed E-state index contributed by atoms with van der Waals surface area (Å²) in [7, 11) is -0.666. The summed E-state index contributed by atoms with van der Waals surface area (Å²) in [6.45, 7) is 1.94. The molecule has 2 aliphatic heterocycles. The molecule has 1 aromatic heterocycles. The van der Waals surface area contributed by atoms with Gasteiger partial charge in [0, 0.05) is 37.6 Å². The predicted octanol–water partition coefficient (Wildman–Crippen LogP) is 0.676. The van der Waals surface area contributed by atoms with Crippen molar-refractivity contribution in [1.82, 2.24) is 18.8 Å². The van der Waals surface area contributed by atoms with Crippen molar-refractivity contribution < 1.29 is 22.7 Å². The maximum Gasteiger partial charge on any atom is 0.280 e. The minimum atomic E-state index is -3.82. The molecule has 0 unspecified atom stereocenters. The van der Waals surface area contributed by atoms with Crippen molar-refractivity contribution in [2.24, 2.45) is 7.05 Å². The van der Waals surface area contributed by atoms with Crippen LogP contribution in [0, 0.1) is 6.92 Å². The molecule has 0 aliphatic carbocycles. The van der Waals surface area contributed by atoms with Gasteiger partial charge in [-0.25, -0.2) is 0 Å². The van der Waals surface area contributed by atoms with Crippen molar-refractivity contribution in [3.8, 4) is 11.5 Å². The van der Waals surface area contributed by atoms with E-state index >= 15 is 0 Å². The molecule has 4 rings (SSSR count). The summed E-state index contributed by atoms with van der Waals surface area (Å²) in [6.07, 6.45) is 2.04. The molecular formula is C17H21N5O5S. The average molecular weight is 407 g/mol. The summed E-state index contributed by atoms with van der Waals surface area (Å²) in [5.41, 5.74) is 1.97. The standard InChI is InChI=1S/C17H21N5O5S/c1-10-12(8-21(2)19-10)13-7-14(22(3)28(24,25)20-13)17(23)18-11-4-5-15-16(6-11)27-9-26-15/h4-6,8,13-14,20H,7,9H2,1-3H3,(H,18,23)/t13-,14-/m0/s1. The fraction of sp³-hybridized carbons (Fsp3) is 0.412. The Morgan fingerprint density at radius 2 is 2.04 bits per heavy atom. The van der Waals surface area contributed by atoms with Crippen molar-refractivity contribution in [1.29, 1.82) is 0 Å². The lowest BCUT2D eigenvalue weighted by atomic mass is 10.00. The summed E-state index contributed by atoms with van der Waals surface area (Å²) in [5, 5.41) is 7.04. The quantitative estimate of drug-likeness (QED) is 0.773. The van der Waals surface area contributed by atoms with Crippen molar-refractivity contribution >= 4 is 21.8 Å². The van der Waals surface area contributed by atoms with E-state index in [9.17, 15) is 13.2 Å². The number of anilines is 1. The second-order valence-corrected chi connectivity index (χ2v) is 8.61. The van der Waals surface area contributed by atoms with Gasteiger partial charge in [0.1, 0.15) is 6.04 Å². The fourth-order valence-corrected chi connectivity index (χ4v) is 4.74. The molecule has 3 heterocycles. The van der Waals surface area contributed by atoms with Crippen LogP contribution in [0.25, 0.3) is 0 Å². The van der Waals surface area contributed by atoms with Gasteiger partial charge in [-0.15, -0.1) is 0 Å². The number of nitrogens with one attached hydrogen (secondary N) is 2. The lowest BCUT2D eigenvalue weighted by Gasteiger charge is -2.36. The highest BCUT2D eigenvalue weighted by Gasteiger charge is 2.41. The Morgan fingerprint density at radius 3 is 2.75 bits per heavy atom. The number of carbonyl (C=O) groups excluding carboxylic acids is 1. The normalized spacial score (nSPS) is 23.5. The zero-order valence-electron chi connectivity index (χ0n) is 15.7. The van der Waals surface area contributed by atoms with Gasteiger partial charge in [-0.3, -0.25) is 9.48 Å². The van der Waals surface area contributed by atoms with E-state index in [0.717, 1.165) is 15.6 Å². The van der Waals surface area contributed by atoms with Gasteiger partial charge in [0.15, 0.2) is 11.5 Å². The van der Waals surface area contributed by atoms with Crippen LogP contribution in [0.1, 0.15) is 23.7 Å². The molecule has 150 valence electrons. The van der Waals surface area contributed by atoms with Crippen LogP contribution in [0.5, 0.6) is 11.5 Å². The highest BCUT2D eigenvalue weighted by molar-refractivity contribution is 7.87. The number of amides is 1.